The van der Waals surface area contributed by atoms with Crippen molar-refractivity contribution in [2.24, 2.45) is 5.92 Å². The summed E-state index contributed by atoms with van der Waals surface area (Å²) in [6.07, 6.45) is 0. The smallest absolute Gasteiger partial charge is 0.260 e. The van der Waals surface area contributed by atoms with Gasteiger partial charge in [0.25, 0.3) is 5.91 Å². The minimum atomic E-state index is 0.0853. The molecule has 0 bridgehead atoms. The van der Waals surface area contributed by atoms with E-state index in [-0.39, 0.29) is 12.5 Å². The van der Waals surface area contributed by atoms with Gasteiger partial charge in [0, 0.05) is 32.7 Å². The van der Waals surface area contributed by atoms with Crippen LogP contribution in [0.5, 0.6) is 5.75 Å². The molecule has 4 heteroatoms. The largest absolute Gasteiger partial charge is 0.484 e. The van der Waals surface area contributed by atoms with Gasteiger partial charge in [0.05, 0.1) is 0 Å². The third kappa shape index (κ3) is 5.54. The van der Waals surface area contributed by atoms with Crippen molar-refractivity contribution in [2.75, 3.05) is 39.3 Å². The molecule has 1 amide bonds. The van der Waals surface area contributed by atoms with Crippen LogP contribution in [-0.2, 0) is 4.79 Å². The van der Waals surface area contributed by atoms with Gasteiger partial charge in [0.15, 0.2) is 6.61 Å². The second-order valence-corrected chi connectivity index (χ2v) is 7.09. The fourth-order valence-corrected chi connectivity index (χ4v) is 2.88. The molecule has 0 spiro atoms. The summed E-state index contributed by atoms with van der Waals surface area (Å²) in [7, 11) is 0. The van der Waals surface area contributed by atoms with Crippen molar-refractivity contribution in [3.05, 3.63) is 29.8 Å². The van der Waals surface area contributed by atoms with E-state index in [1.165, 1.54) is 5.56 Å². The Hall–Kier alpha value is -1.55. The maximum absolute atomic E-state index is 12.3. The first kappa shape index (κ1) is 17.8. The second kappa shape index (κ2) is 8.34. The van der Waals surface area contributed by atoms with E-state index in [1.54, 1.807) is 0 Å². The molecule has 0 radical (unpaired) electrons. The fraction of sp³-hybridized carbons (Fsp3) is 0.632. The molecule has 128 valence electrons. The number of amides is 1. The van der Waals surface area contributed by atoms with Crippen molar-refractivity contribution in [1.29, 1.82) is 0 Å². The van der Waals surface area contributed by atoms with Crippen LogP contribution in [0, 0.1) is 5.92 Å². The van der Waals surface area contributed by atoms with Crippen LogP contribution in [0.1, 0.15) is 39.2 Å². The summed E-state index contributed by atoms with van der Waals surface area (Å²) in [5.74, 6) is 2.03. The Kier molecular flexibility index (Phi) is 6.46. The zero-order chi connectivity index (χ0) is 16.8. The normalized spacial score (nSPS) is 16.2. The molecule has 0 N–H and O–H groups in total. The van der Waals surface area contributed by atoms with Gasteiger partial charge in [-0.25, -0.2) is 0 Å². The first-order valence-electron chi connectivity index (χ1n) is 8.68. The zero-order valence-electron chi connectivity index (χ0n) is 14.9. The predicted octanol–water partition coefficient (Wildman–Crippen LogP) is 2.99. The number of carbonyl (C=O) groups is 1. The molecule has 1 aromatic carbocycles. The van der Waals surface area contributed by atoms with Crippen LogP contribution in [0.15, 0.2) is 24.3 Å². The molecule has 1 fully saturated rings. The number of rotatable bonds is 6. The standard InChI is InChI=1S/C19H30N2O2/c1-15(2)13-20-9-11-21(12-10-20)19(22)14-23-18-7-5-17(6-8-18)16(3)4/h5-8,15-16H,9-14H2,1-4H3. The molecule has 0 saturated carbocycles. The summed E-state index contributed by atoms with van der Waals surface area (Å²) in [6, 6.07) is 8.02. The Morgan fingerprint density at radius 3 is 2.17 bits per heavy atom. The van der Waals surface area contributed by atoms with E-state index < -0.39 is 0 Å². The maximum atomic E-state index is 12.3. The lowest BCUT2D eigenvalue weighted by Crippen LogP contribution is -2.50. The molecule has 0 aromatic heterocycles. The molecule has 2 rings (SSSR count). The average Bonchev–Trinajstić information content (AvgIpc) is 2.53. The topological polar surface area (TPSA) is 32.8 Å². The van der Waals surface area contributed by atoms with E-state index in [9.17, 15) is 4.79 Å². The van der Waals surface area contributed by atoms with Gasteiger partial charge in [-0.05, 0) is 29.5 Å². The Morgan fingerprint density at radius 2 is 1.65 bits per heavy atom. The van der Waals surface area contributed by atoms with E-state index in [0.717, 1.165) is 38.5 Å². The highest BCUT2D eigenvalue weighted by Gasteiger charge is 2.21. The lowest BCUT2D eigenvalue weighted by Gasteiger charge is -2.35. The quantitative estimate of drug-likeness (QED) is 0.808. The van der Waals surface area contributed by atoms with Gasteiger partial charge in [0.2, 0.25) is 0 Å². The molecule has 1 aliphatic rings. The van der Waals surface area contributed by atoms with Crippen molar-refractivity contribution in [3.8, 4) is 5.75 Å². The van der Waals surface area contributed by atoms with Crippen LogP contribution < -0.4 is 4.74 Å². The third-order valence-corrected chi connectivity index (χ3v) is 4.26. The van der Waals surface area contributed by atoms with Crippen molar-refractivity contribution in [3.63, 3.8) is 0 Å². The molecular formula is C19H30N2O2. The Labute approximate surface area is 140 Å². The molecule has 1 saturated heterocycles. The van der Waals surface area contributed by atoms with Crippen LogP contribution >= 0.6 is 0 Å². The van der Waals surface area contributed by atoms with Gasteiger partial charge in [0.1, 0.15) is 5.75 Å². The highest BCUT2D eigenvalue weighted by Crippen LogP contribution is 2.18. The van der Waals surface area contributed by atoms with E-state index in [0.29, 0.717) is 11.8 Å². The Bertz CT molecular complexity index is 489. The molecular weight excluding hydrogens is 288 g/mol. The summed E-state index contributed by atoms with van der Waals surface area (Å²) < 4.78 is 5.64. The number of benzene rings is 1. The zero-order valence-corrected chi connectivity index (χ0v) is 14.9. The molecule has 0 atom stereocenters. The third-order valence-electron chi connectivity index (χ3n) is 4.26. The number of hydrogen-bond donors (Lipinski definition) is 0. The number of piperazine rings is 1. The molecule has 0 unspecified atom stereocenters. The van der Waals surface area contributed by atoms with Crippen LogP contribution in [0.2, 0.25) is 0 Å². The van der Waals surface area contributed by atoms with E-state index in [1.807, 2.05) is 17.0 Å². The van der Waals surface area contributed by atoms with E-state index in [4.69, 9.17) is 4.74 Å². The van der Waals surface area contributed by atoms with Crippen molar-refractivity contribution < 1.29 is 9.53 Å². The lowest BCUT2D eigenvalue weighted by atomic mass is 10.0. The van der Waals surface area contributed by atoms with Crippen LogP contribution in [0.25, 0.3) is 0 Å². The molecule has 23 heavy (non-hydrogen) atoms. The molecule has 4 nitrogen and oxygen atoms in total. The van der Waals surface area contributed by atoms with Gasteiger partial charge in [-0.1, -0.05) is 39.8 Å². The van der Waals surface area contributed by atoms with E-state index in [2.05, 4.69) is 44.7 Å². The SMILES string of the molecule is CC(C)CN1CCN(C(=O)COc2ccc(C(C)C)cc2)CC1. The summed E-state index contributed by atoms with van der Waals surface area (Å²) >= 11 is 0. The highest BCUT2D eigenvalue weighted by molar-refractivity contribution is 5.77. The van der Waals surface area contributed by atoms with Crippen molar-refractivity contribution >= 4 is 5.91 Å². The molecule has 0 aliphatic carbocycles. The summed E-state index contributed by atoms with van der Waals surface area (Å²) in [5, 5.41) is 0. The Morgan fingerprint density at radius 1 is 1.04 bits per heavy atom. The van der Waals surface area contributed by atoms with Crippen molar-refractivity contribution in [2.45, 2.75) is 33.6 Å². The number of ether oxygens (including phenoxy) is 1. The second-order valence-electron chi connectivity index (χ2n) is 7.09. The molecule has 1 heterocycles. The Balaban J connectivity index is 1.75. The molecule has 1 aliphatic heterocycles. The first-order valence-corrected chi connectivity index (χ1v) is 8.68. The van der Waals surface area contributed by atoms with Gasteiger partial charge in [-0.2, -0.15) is 0 Å². The number of nitrogens with zero attached hydrogens (tertiary/aromatic N) is 2. The monoisotopic (exact) mass is 318 g/mol. The van der Waals surface area contributed by atoms with E-state index >= 15 is 0 Å². The maximum Gasteiger partial charge on any atom is 0.260 e. The van der Waals surface area contributed by atoms with Crippen LogP contribution in [0.3, 0.4) is 0 Å². The fourth-order valence-electron chi connectivity index (χ4n) is 2.88. The van der Waals surface area contributed by atoms with Gasteiger partial charge in [-0.3, -0.25) is 9.69 Å². The summed E-state index contributed by atoms with van der Waals surface area (Å²) in [4.78, 5) is 16.6. The minimum Gasteiger partial charge on any atom is -0.484 e. The minimum absolute atomic E-state index is 0.0853. The van der Waals surface area contributed by atoms with Gasteiger partial charge >= 0.3 is 0 Å². The lowest BCUT2D eigenvalue weighted by molar-refractivity contribution is -0.135. The van der Waals surface area contributed by atoms with Crippen LogP contribution in [0.4, 0.5) is 0 Å². The molecule has 1 aromatic rings. The number of carbonyl (C=O) groups excluding carboxylic acids is 1. The summed E-state index contributed by atoms with van der Waals surface area (Å²) in [5.41, 5.74) is 1.28. The highest BCUT2D eigenvalue weighted by atomic mass is 16.5. The van der Waals surface area contributed by atoms with Gasteiger partial charge in [-0.15, -0.1) is 0 Å². The van der Waals surface area contributed by atoms with Gasteiger partial charge < -0.3 is 9.64 Å². The van der Waals surface area contributed by atoms with Crippen molar-refractivity contribution in [1.82, 2.24) is 9.80 Å². The first-order chi connectivity index (χ1) is 11.0. The average molecular weight is 318 g/mol. The summed E-state index contributed by atoms with van der Waals surface area (Å²) in [6.45, 7) is 13.6. The number of hydrogen-bond acceptors (Lipinski definition) is 3. The predicted molar refractivity (Wildman–Crippen MR) is 93.9 cm³/mol. The van der Waals surface area contributed by atoms with Crippen LogP contribution in [-0.4, -0.2) is 55.0 Å².